The minimum Gasteiger partial charge on any atom is -0.423 e. The van der Waals surface area contributed by atoms with Gasteiger partial charge in [0, 0.05) is 44.0 Å². The maximum atomic E-state index is 13.7. The Morgan fingerprint density at radius 2 is 1.76 bits per heavy atom. The fourth-order valence-corrected chi connectivity index (χ4v) is 4.46. The predicted octanol–water partition coefficient (Wildman–Crippen LogP) is 5.82. The monoisotopic (exact) mass is 444 g/mol. The molecule has 0 saturated carbocycles. The minimum atomic E-state index is -0.273. The van der Waals surface area contributed by atoms with Crippen LogP contribution in [0, 0.1) is 12.7 Å². The molecular weight excluding hydrogens is 415 g/mol. The number of benzene rings is 3. The lowest BCUT2D eigenvalue weighted by Gasteiger charge is -2.34. The number of hydrogen-bond donors (Lipinski definition) is 1. The number of nitrogens with one attached hydrogen (secondary N) is 1. The van der Waals surface area contributed by atoms with Crippen LogP contribution < -0.4 is 5.32 Å². The molecule has 33 heavy (non-hydrogen) atoms. The van der Waals surface area contributed by atoms with Gasteiger partial charge in [0.25, 0.3) is 6.01 Å². The standard InChI is InChI=1S/C27H29FN4O/c1-3-31-12-14-32(15-13-31)18-21-10-11-23(16-19(21)2)29-27-30-25-9-5-8-24(26(25)33-27)20-6-4-7-22(28)17-20/h4-11,16-17H,3,12-15,18H2,1-2H3,(H,29,30). The van der Waals surface area contributed by atoms with Crippen molar-refractivity contribution in [2.24, 2.45) is 0 Å². The Labute approximate surface area is 193 Å². The molecule has 0 spiro atoms. The van der Waals surface area contributed by atoms with Gasteiger partial charge in [-0.2, -0.15) is 4.98 Å². The van der Waals surface area contributed by atoms with Crippen molar-refractivity contribution in [3.05, 3.63) is 77.6 Å². The Kier molecular flexibility index (Phi) is 6.11. The van der Waals surface area contributed by atoms with E-state index in [0.717, 1.165) is 61.6 Å². The molecule has 170 valence electrons. The summed E-state index contributed by atoms with van der Waals surface area (Å²) in [6, 6.07) is 19.1. The molecule has 1 N–H and O–H groups in total. The van der Waals surface area contributed by atoms with Crippen molar-refractivity contribution in [1.29, 1.82) is 0 Å². The predicted molar refractivity (Wildman–Crippen MR) is 131 cm³/mol. The largest absolute Gasteiger partial charge is 0.423 e. The van der Waals surface area contributed by atoms with Gasteiger partial charge in [-0.1, -0.05) is 37.3 Å². The number of oxazole rings is 1. The van der Waals surface area contributed by atoms with E-state index in [0.29, 0.717) is 11.6 Å². The van der Waals surface area contributed by atoms with Gasteiger partial charge in [-0.05, 0) is 60.5 Å². The molecule has 1 saturated heterocycles. The van der Waals surface area contributed by atoms with Crippen LogP contribution in [0.3, 0.4) is 0 Å². The van der Waals surface area contributed by atoms with Crippen LogP contribution in [0.4, 0.5) is 16.1 Å². The number of hydrogen-bond acceptors (Lipinski definition) is 5. The lowest BCUT2D eigenvalue weighted by Crippen LogP contribution is -2.45. The molecule has 0 unspecified atom stereocenters. The first-order chi connectivity index (χ1) is 16.1. The number of nitrogens with zero attached hydrogens (tertiary/aromatic N) is 3. The van der Waals surface area contributed by atoms with Crippen molar-refractivity contribution >= 4 is 22.8 Å². The third kappa shape index (κ3) is 4.77. The van der Waals surface area contributed by atoms with Crippen LogP contribution in [0.25, 0.3) is 22.2 Å². The molecule has 0 bridgehead atoms. The van der Waals surface area contributed by atoms with Crippen molar-refractivity contribution in [3.8, 4) is 11.1 Å². The summed E-state index contributed by atoms with van der Waals surface area (Å²) in [6.07, 6.45) is 0. The van der Waals surface area contributed by atoms with Crippen molar-refractivity contribution in [2.75, 3.05) is 38.0 Å². The van der Waals surface area contributed by atoms with E-state index in [1.165, 1.54) is 23.3 Å². The first kappa shape index (κ1) is 21.6. The molecule has 1 aromatic heterocycles. The lowest BCUT2D eigenvalue weighted by atomic mass is 10.0. The molecule has 1 aliphatic rings. The lowest BCUT2D eigenvalue weighted by molar-refractivity contribution is 0.132. The first-order valence-corrected chi connectivity index (χ1v) is 11.6. The normalized spacial score (nSPS) is 15.2. The number of piperazine rings is 1. The summed E-state index contributed by atoms with van der Waals surface area (Å²) in [5.74, 6) is -0.273. The SMILES string of the molecule is CCN1CCN(Cc2ccc(Nc3nc4cccc(-c5cccc(F)c5)c4o3)cc2C)CC1. The van der Waals surface area contributed by atoms with E-state index >= 15 is 0 Å². The smallest absolute Gasteiger partial charge is 0.300 e. The Morgan fingerprint density at radius 1 is 0.970 bits per heavy atom. The van der Waals surface area contributed by atoms with Crippen LogP contribution in [0.1, 0.15) is 18.1 Å². The molecule has 1 aliphatic heterocycles. The van der Waals surface area contributed by atoms with E-state index in [9.17, 15) is 4.39 Å². The fourth-order valence-electron chi connectivity index (χ4n) is 4.46. The quantitative estimate of drug-likeness (QED) is 0.406. The van der Waals surface area contributed by atoms with Crippen molar-refractivity contribution in [1.82, 2.24) is 14.8 Å². The number of likely N-dealkylation sites (N-methyl/N-ethyl adjacent to an activating group) is 1. The van der Waals surface area contributed by atoms with E-state index in [2.05, 4.69) is 52.1 Å². The van der Waals surface area contributed by atoms with Crippen molar-refractivity contribution in [3.63, 3.8) is 0 Å². The maximum absolute atomic E-state index is 13.7. The average molecular weight is 445 g/mol. The Bertz CT molecular complexity index is 1260. The molecule has 5 nitrogen and oxygen atoms in total. The Hall–Kier alpha value is -3.22. The highest BCUT2D eigenvalue weighted by Gasteiger charge is 2.17. The number of para-hydroxylation sites is 1. The summed E-state index contributed by atoms with van der Waals surface area (Å²) in [6.45, 7) is 11.0. The van der Waals surface area contributed by atoms with Crippen LogP contribution in [0.2, 0.25) is 0 Å². The van der Waals surface area contributed by atoms with Crippen molar-refractivity contribution in [2.45, 2.75) is 20.4 Å². The van der Waals surface area contributed by atoms with Gasteiger partial charge in [0.05, 0.1) is 0 Å². The highest BCUT2D eigenvalue weighted by molar-refractivity contribution is 5.91. The van der Waals surface area contributed by atoms with Gasteiger partial charge in [-0.3, -0.25) is 4.90 Å². The second-order valence-electron chi connectivity index (χ2n) is 8.66. The van der Waals surface area contributed by atoms with Gasteiger partial charge >= 0.3 is 0 Å². The van der Waals surface area contributed by atoms with Crippen LogP contribution in [-0.2, 0) is 6.54 Å². The van der Waals surface area contributed by atoms with E-state index < -0.39 is 0 Å². The molecule has 0 amide bonds. The second kappa shape index (κ2) is 9.33. The molecule has 6 heteroatoms. The van der Waals surface area contributed by atoms with Gasteiger partial charge in [-0.25, -0.2) is 4.39 Å². The molecule has 0 aliphatic carbocycles. The van der Waals surface area contributed by atoms with Gasteiger partial charge < -0.3 is 14.6 Å². The molecule has 0 atom stereocenters. The molecule has 2 heterocycles. The van der Waals surface area contributed by atoms with Crippen LogP contribution >= 0.6 is 0 Å². The van der Waals surface area contributed by atoms with Crippen LogP contribution in [0.5, 0.6) is 0 Å². The number of fused-ring (bicyclic) bond motifs is 1. The number of halogens is 1. The van der Waals surface area contributed by atoms with E-state index in [1.807, 2.05) is 24.3 Å². The van der Waals surface area contributed by atoms with Gasteiger partial charge in [0.1, 0.15) is 11.3 Å². The zero-order valence-corrected chi connectivity index (χ0v) is 19.1. The summed E-state index contributed by atoms with van der Waals surface area (Å²) in [4.78, 5) is 9.61. The van der Waals surface area contributed by atoms with Gasteiger partial charge in [0.15, 0.2) is 5.58 Å². The van der Waals surface area contributed by atoms with Crippen LogP contribution in [0.15, 0.2) is 65.1 Å². The topological polar surface area (TPSA) is 44.5 Å². The number of rotatable bonds is 6. The van der Waals surface area contributed by atoms with E-state index in [1.54, 1.807) is 6.07 Å². The van der Waals surface area contributed by atoms with Crippen LogP contribution in [-0.4, -0.2) is 47.5 Å². The summed E-state index contributed by atoms with van der Waals surface area (Å²) in [7, 11) is 0. The summed E-state index contributed by atoms with van der Waals surface area (Å²) < 4.78 is 19.8. The molecule has 5 rings (SSSR count). The fraction of sp³-hybridized carbons (Fsp3) is 0.296. The number of aromatic nitrogens is 1. The second-order valence-corrected chi connectivity index (χ2v) is 8.66. The molecule has 0 radical (unpaired) electrons. The Morgan fingerprint density at radius 3 is 2.52 bits per heavy atom. The van der Waals surface area contributed by atoms with E-state index in [4.69, 9.17) is 4.42 Å². The molecule has 4 aromatic rings. The minimum absolute atomic E-state index is 0.273. The maximum Gasteiger partial charge on any atom is 0.300 e. The highest BCUT2D eigenvalue weighted by atomic mass is 19.1. The van der Waals surface area contributed by atoms with E-state index in [-0.39, 0.29) is 5.82 Å². The first-order valence-electron chi connectivity index (χ1n) is 11.6. The summed E-state index contributed by atoms with van der Waals surface area (Å²) >= 11 is 0. The average Bonchev–Trinajstić information content (AvgIpc) is 3.24. The van der Waals surface area contributed by atoms with Gasteiger partial charge in [-0.15, -0.1) is 0 Å². The highest BCUT2D eigenvalue weighted by Crippen LogP contribution is 2.32. The van der Waals surface area contributed by atoms with Crippen molar-refractivity contribution < 1.29 is 8.81 Å². The Balaban J connectivity index is 1.33. The third-order valence-electron chi connectivity index (χ3n) is 6.45. The zero-order valence-electron chi connectivity index (χ0n) is 19.1. The molecule has 1 fully saturated rings. The number of anilines is 2. The summed E-state index contributed by atoms with van der Waals surface area (Å²) in [5.41, 5.74) is 6.49. The number of aryl methyl sites for hydroxylation is 1. The third-order valence-corrected chi connectivity index (χ3v) is 6.45. The molecular formula is C27H29FN4O. The van der Waals surface area contributed by atoms with Gasteiger partial charge in [0.2, 0.25) is 0 Å². The summed E-state index contributed by atoms with van der Waals surface area (Å²) in [5, 5.41) is 3.30. The molecule has 3 aromatic carbocycles. The zero-order chi connectivity index (χ0) is 22.8.